The van der Waals surface area contributed by atoms with Crippen molar-refractivity contribution in [2.75, 3.05) is 6.54 Å². The third-order valence-corrected chi connectivity index (χ3v) is 7.79. The van der Waals surface area contributed by atoms with Crippen molar-refractivity contribution in [1.82, 2.24) is 24.6 Å². The third kappa shape index (κ3) is 5.57. The summed E-state index contributed by atoms with van der Waals surface area (Å²) in [6.45, 7) is -0.922. The molecule has 41 heavy (non-hydrogen) atoms. The number of carbonyl (C=O) groups excluding carboxylic acids is 1. The molecule has 12 heteroatoms. The van der Waals surface area contributed by atoms with E-state index in [1.165, 1.54) is 23.1 Å². The number of nitrogens with zero attached hydrogens (tertiary/aromatic N) is 6. The van der Waals surface area contributed by atoms with Gasteiger partial charge in [-0.05, 0) is 0 Å². The molecule has 8 nitrogen and oxygen atoms in total. The van der Waals surface area contributed by atoms with Gasteiger partial charge in [0.05, 0.1) is 0 Å². The van der Waals surface area contributed by atoms with Crippen molar-refractivity contribution in [2.45, 2.75) is 37.8 Å². The van der Waals surface area contributed by atoms with Crippen molar-refractivity contribution in [1.29, 1.82) is 5.26 Å². The maximum absolute atomic E-state index is 15.5. The van der Waals surface area contributed by atoms with E-state index >= 15 is 4.39 Å². The van der Waals surface area contributed by atoms with Gasteiger partial charge in [-0.3, -0.25) is 0 Å². The van der Waals surface area contributed by atoms with Crippen LogP contribution in [0.15, 0.2) is 66.5 Å². The fraction of sp³-hybridized carbons (Fsp3) is 0.276. The van der Waals surface area contributed by atoms with E-state index in [-0.39, 0.29) is 29.3 Å². The van der Waals surface area contributed by atoms with Gasteiger partial charge < -0.3 is 0 Å². The van der Waals surface area contributed by atoms with E-state index in [1.807, 2.05) is 12.1 Å². The molecule has 1 amide bonds. The van der Waals surface area contributed by atoms with Crippen LogP contribution in [-0.4, -0.2) is 65.9 Å². The number of aromatic nitrogens is 4. The van der Waals surface area contributed by atoms with Crippen LogP contribution in [0, 0.1) is 23.1 Å². The average molecular weight is 618 g/mol. The van der Waals surface area contributed by atoms with Crippen molar-refractivity contribution in [3.63, 3.8) is 0 Å². The second-order valence-corrected chi connectivity index (χ2v) is 11.0. The topological polar surface area (TPSA) is 96.9 Å². The van der Waals surface area contributed by atoms with E-state index in [9.17, 15) is 18.8 Å². The fourth-order valence-corrected chi connectivity index (χ4v) is 5.53. The molecule has 1 saturated heterocycles. The molecule has 6 rings (SSSR count). The monoisotopic (exact) mass is 618 g/mol. The van der Waals surface area contributed by atoms with Crippen LogP contribution in [0.2, 0.25) is 0 Å². The molecule has 0 bridgehead atoms. The molecule has 3 heterocycles. The molecule has 1 aliphatic heterocycles. The first kappa shape index (κ1) is 27.0. The first-order valence-electron chi connectivity index (χ1n) is 13.0. The van der Waals surface area contributed by atoms with Crippen molar-refractivity contribution in [2.24, 2.45) is 5.92 Å². The summed E-state index contributed by atoms with van der Waals surface area (Å²) < 4.78 is 52.3. The normalized spacial score (nSPS) is 18.5. The minimum absolute atomic E-state index is 0.125. The van der Waals surface area contributed by atoms with Gasteiger partial charge in [0.2, 0.25) is 0 Å². The number of hydrogen-bond acceptors (Lipinski definition) is 6. The molecular weight excluding hydrogens is 596 g/mol. The number of halogens is 3. The molecule has 1 saturated carbocycles. The predicted molar refractivity (Wildman–Crippen MR) is 144 cm³/mol. The first-order valence-corrected chi connectivity index (χ1v) is 13.9. The van der Waals surface area contributed by atoms with E-state index < -0.39 is 36.7 Å². The Hall–Kier alpha value is -4.16. The van der Waals surface area contributed by atoms with E-state index in [4.69, 9.17) is 4.74 Å². The summed E-state index contributed by atoms with van der Waals surface area (Å²) in [7, 11) is 0. The Morgan fingerprint density at radius 2 is 1.95 bits per heavy atom. The Bertz CT molecular complexity index is 1720. The fourth-order valence-electron chi connectivity index (χ4n) is 4.99. The molecule has 4 aromatic rings. The number of carbonyl (C=O) groups is 1. The number of alkyl halides is 2. The summed E-state index contributed by atoms with van der Waals surface area (Å²) in [6.07, 6.45) is 4.02. The van der Waals surface area contributed by atoms with Gasteiger partial charge in [0.25, 0.3) is 0 Å². The third-order valence-electron chi connectivity index (χ3n) is 7.08. The Balaban J connectivity index is 1.34. The van der Waals surface area contributed by atoms with Crippen molar-refractivity contribution < 1.29 is 22.7 Å². The van der Waals surface area contributed by atoms with Crippen LogP contribution in [0.1, 0.15) is 19.3 Å². The predicted octanol–water partition coefficient (Wildman–Crippen LogP) is 4.31. The second kappa shape index (κ2) is 10.7. The van der Waals surface area contributed by atoms with E-state index in [2.05, 4.69) is 31.9 Å². The molecule has 2 aliphatic rings. The number of benzene rings is 2. The zero-order valence-corrected chi connectivity index (χ0v) is 23.4. The van der Waals surface area contributed by atoms with Gasteiger partial charge in [-0.25, -0.2) is 0 Å². The van der Waals surface area contributed by atoms with Crippen molar-refractivity contribution in [3.05, 3.63) is 72.3 Å². The molecule has 1 atom stereocenters. The quantitative estimate of drug-likeness (QED) is 0.174. The number of hydrogen-bond donors (Lipinski definition) is 0. The number of rotatable bonds is 7. The van der Waals surface area contributed by atoms with Crippen LogP contribution in [0.3, 0.4) is 0 Å². The maximum atomic E-state index is 15.5. The molecule has 0 N–H and O–H groups in total. The Labute approximate surface area is 241 Å². The zero-order chi connectivity index (χ0) is 28.7. The molecular formula is C29H22AsF3N6O2. The van der Waals surface area contributed by atoms with E-state index in [0.29, 0.717) is 27.0 Å². The SMILES string of the molecule is N#CC(=CC1CC1)C(=O)N1CC(F)(F)CC1Cn1nc(-c2ccc(Oc3ccccc3)cc2F)c2c([As])ncnc21. The molecule has 2 aromatic heterocycles. The molecule has 1 aliphatic carbocycles. The van der Waals surface area contributed by atoms with E-state index in [1.54, 1.807) is 36.4 Å². The number of ether oxygens (including phenoxy) is 1. The summed E-state index contributed by atoms with van der Waals surface area (Å²) in [6, 6.07) is 14.3. The summed E-state index contributed by atoms with van der Waals surface area (Å²) >= 11 is 2.28. The average Bonchev–Trinajstić information content (AvgIpc) is 3.62. The van der Waals surface area contributed by atoms with Gasteiger partial charge >= 0.3 is 242 Å². The van der Waals surface area contributed by atoms with Gasteiger partial charge in [-0.15, -0.1) is 0 Å². The second-order valence-electron chi connectivity index (χ2n) is 10.2. The number of amides is 1. The van der Waals surface area contributed by atoms with Gasteiger partial charge in [0.1, 0.15) is 0 Å². The van der Waals surface area contributed by atoms with Crippen LogP contribution in [0.25, 0.3) is 22.3 Å². The number of allylic oxidation sites excluding steroid dienone is 1. The van der Waals surface area contributed by atoms with Crippen molar-refractivity contribution in [3.8, 4) is 28.8 Å². The summed E-state index contributed by atoms with van der Waals surface area (Å²) in [5.74, 6) is -3.48. The van der Waals surface area contributed by atoms with Crippen LogP contribution in [0.4, 0.5) is 13.2 Å². The number of para-hydroxylation sites is 1. The van der Waals surface area contributed by atoms with Crippen LogP contribution >= 0.6 is 0 Å². The van der Waals surface area contributed by atoms with Crippen LogP contribution in [0.5, 0.6) is 11.5 Å². The summed E-state index contributed by atoms with van der Waals surface area (Å²) in [4.78, 5) is 22.7. The van der Waals surface area contributed by atoms with Gasteiger partial charge in [-0.1, -0.05) is 0 Å². The van der Waals surface area contributed by atoms with Gasteiger partial charge in [-0.2, -0.15) is 0 Å². The van der Waals surface area contributed by atoms with Crippen LogP contribution in [-0.2, 0) is 11.3 Å². The number of fused-ring (bicyclic) bond motifs is 1. The Morgan fingerprint density at radius 1 is 1.17 bits per heavy atom. The molecule has 1 unspecified atom stereocenters. The molecule has 2 fully saturated rings. The molecule has 2 aromatic carbocycles. The number of nitriles is 1. The zero-order valence-electron chi connectivity index (χ0n) is 21.5. The van der Waals surface area contributed by atoms with Crippen LogP contribution < -0.4 is 9.22 Å². The minimum atomic E-state index is -3.13. The molecule has 0 spiro atoms. The summed E-state index contributed by atoms with van der Waals surface area (Å²) in [5, 5.41) is 14.6. The standard InChI is InChI=1S/C29H22AsF3N6O2/c30-26-24-25(22-9-8-21(11-23(22)31)41-20-4-2-1-3-5-20)37-39(27(24)36-16-35-26)14-19-12-29(32,33)15-38(19)28(40)18(13-34)10-17-6-7-17/h1-5,8-11,16-17,19H,6-7,12,14-15H2. The first-order chi connectivity index (χ1) is 19.7. The summed E-state index contributed by atoms with van der Waals surface area (Å²) in [5.41, 5.74) is 0.567. The molecule has 2 radical (unpaired) electrons. The molecule has 206 valence electrons. The van der Waals surface area contributed by atoms with E-state index in [0.717, 1.165) is 17.7 Å². The van der Waals surface area contributed by atoms with Gasteiger partial charge in [0.15, 0.2) is 0 Å². The number of likely N-dealkylation sites (tertiary alicyclic amines) is 1. The van der Waals surface area contributed by atoms with Gasteiger partial charge in [0, 0.05) is 0 Å². The Kier molecular flexibility index (Phi) is 7.04. The Morgan fingerprint density at radius 3 is 2.66 bits per heavy atom. The van der Waals surface area contributed by atoms with Crippen molar-refractivity contribution >= 4 is 38.3 Å².